The number of hydrogen-bond acceptors (Lipinski definition) is 2. The molecular formula is C20H22N2O2. The molecule has 2 N–H and O–H groups in total. The summed E-state index contributed by atoms with van der Waals surface area (Å²) in [6.45, 7) is 4.65. The lowest BCUT2D eigenvalue weighted by atomic mass is 10.1. The van der Waals surface area contributed by atoms with Crippen molar-refractivity contribution in [3.05, 3.63) is 70.9 Å². The summed E-state index contributed by atoms with van der Waals surface area (Å²) in [7, 11) is 1.55. The number of fused-ring (bicyclic) bond motifs is 1. The lowest BCUT2D eigenvalue weighted by Gasteiger charge is -2.15. The Labute approximate surface area is 141 Å². The zero-order valence-electron chi connectivity index (χ0n) is 14.2. The van der Waals surface area contributed by atoms with Gasteiger partial charge in [-0.3, -0.25) is 4.79 Å². The maximum absolute atomic E-state index is 12.4. The molecule has 0 spiro atoms. The van der Waals surface area contributed by atoms with Gasteiger partial charge in [0.15, 0.2) is 6.10 Å². The predicted molar refractivity (Wildman–Crippen MR) is 95.8 cm³/mol. The topological polar surface area (TPSA) is 54.1 Å². The lowest BCUT2D eigenvalue weighted by molar-refractivity contribution is -0.131. The van der Waals surface area contributed by atoms with Crippen molar-refractivity contribution in [2.75, 3.05) is 7.11 Å². The number of aromatic nitrogens is 1. The second-order valence-electron chi connectivity index (χ2n) is 6.00. The van der Waals surface area contributed by atoms with E-state index in [1.165, 1.54) is 16.6 Å². The molecule has 3 aromatic rings. The number of aromatic amines is 1. The minimum atomic E-state index is -0.592. The van der Waals surface area contributed by atoms with E-state index >= 15 is 0 Å². The SMILES string of the molecule is COC(C(=O)NCc1ccc2[nH]c(C)c(C)c2c1)c1ccccc1. The Balaban J connectivity index is 1.72. The number of carbonyl (C=O) groups is 1. The Morgan fingerprint density at radius 3 is 2.62 bits per heavy atom. The lowest BCUT2D eigenvalue weighted by Crippen LogP contribution is -2.29. The fourth-order valence-electron chi connectivity index (χ4n) is 2.92. The smallest absolute Gasteiger partial charge is 0.254 e. The summed E-state index contributed by atoms with van der Waals surface area (Å²) >= 11 is 0. The summed E-state index contributed by atoms with van der Waals surface area (Å²) in [5, 5.41) is 4.16. The number of rotatable bonds is 5. The first-order valence-corrected chi connectivity index (χ1v) is 8.03. The van der Waals surface area contributed by atoms with Gasteiger partial charge in [-0.05, 0) is 42.7 Å². The maximum Gasteiger partial charge on any atom is 0.254 e. The molecule has 1 atom stereocenters. The molecule has 0 aliphatic heterocycles. The molecule has 2 aromatic carbocycles. The summed E-state index contributed by atoms with van der Waals surface area (Å²) in [6.07, 6.45) is -0.592. The van der Waals surface area contributed by atoms with Gasteiger partial charge in [0.25, 0.3) is 5.91 Å². The molecule has 124 valence electrons. The maximum atomic E-state index is 12.4. The molecule has 0 fully saturated rings. The predicted octanol–water partition coefficient (Wildman–Crippen LogP) is 3.79. The minimum absolute atomic E-state index is 0.134. The molecule has 0 radical (unpaired) electrons. The Hall–Kier alpha value is -2.59. The number of benzene rings is 2. The normalized spacial score (nSPS) is 12.3. The van der Waals surface area contributed by atoms with Crippen molar-refractivity contribution in [1.82, 2.24) is 10.3 Å². The third kappa shape index (κ3) is 3.19. The van der Waals surface area contributed by atoms with Crippen LogP contribution >= 0.6 is 0 Å². The summed E-state index contributed by atoms with van der Waals surface area (Å²) in [5.74, 6) is -0.134. The molecule has 24 heavy (non-hydrogen) atoms. The standard InChI is InChI=1S/C20H22N2O2/c1-13-14(2)22-18-10-9-15(11-17(13)18)12-21-20(23)19(24-3)16-7-5-4-6-8-16/h4-11,19,22H,12H2,1-3H3,(H,21,23). The third-order valence-corrected chi connectivity index (χ3v) is 4.42. The molecule has 4 heteroatoms. The molecule has 0 bridgehead atoms. The molecule has 1 aromatic heterocycles. The van der Waals surface area contributed by atoms with Gasteiger partial charge in [-0.25, -0.2) is 0 Å². The number of ether oxygens (including phenoxy) is 1. The molecule has 4 nitrogen and oxygen atoms in total. The van der Waals surface area contributed by atoms with Crippen LogP contribution in [-0.2, 0) is 16.1 Å². The van der Waals surface area contributed by atoms with Crippen molar-refractivity contribution in [3.8, 4) is 0 Å². The van der Waals surface area contributed by atoms with Crippen molar-refractivity contribution in [2.45, 2.75) is 26.5 Å². The highest BCUT2D eigenvalue weighted by atomic mass is 16.5. The van der Waals surface area contributed by atoms with Crippen LogP contribution < -0.4 is 5.32 Å². The molecular weight excluding hydrogens is 300 g/mol. The van der Waals surface area contributed by atoms with Crippen LogP contribution in [0.5, 0.6) is 0 Å². The molecule has 1 amide bonds. The van der Waals surface area contributed by atoms with E-state index in [0.29, 0.717) is 6.54 Å². The van der Waals surface area contributed by atoms with E-state index < -0.39 is 6.10 Å². The van der Waals surface area contributed by atoms with Crippen LogP contribution in [-0.4, -0.2) is 18.0 Å². The van der Waals surface area contributed by atoms with Gasteiger partial charge in [-0.1, -0.05) is 36.4 Å². The van der Waals surface area contributed by atoms with Crippen molar-refractivity contribution >= 4 is 16.8 Å². The first kappa shape index (κ1) is 16.3. The van der Waals surface area contributed by atoms with Gasteiger partial charge < -0.3 is 15.0 Å². The number of amides is 1. The Bertz CT molecular complexity index is 853. The average Bonchev–Trinajstić information content (AvgIpc) is 2.89. The van der Waals surface area contributed by atoms with Crippen LogP contribution in [0.4, 0.5) is 0 Å². The number of nitrogens with one attached hydrogen (secondary N) is 2. The van der Waals surface area contributed by atoms with Crippen molar-refractivity contribution in [2.24, 2.45) is 0 Å². The Morgan fingerprint density at radius 2 is 1.92 bits per heavy atom. The van der Waals surface area contributed by atoms with E-state index in [0.717, 1.165) is 16.6 Å². The molecule has 3 rings (SSSR count). The Kier molecular flexibility index (Phi) is 4.67. The molecule has 0 saturated carbocycles. The van der Waals surface area contributed by atoms with Gasteiger partial charge in [0.1, 0.15) is 0 Å². The van der Waals surface area contributed by atoms with E-state index in [1.54, 1.807) is 7.11 Å². The van der Waals surface area contributed by atoms with Gasteiger partial charge in [0.05, 0.1) is 0 Å². The van der Waals surface area contributed by atoms with Gasteiger partial charge >= 0.3 is 0 Å². The molecule has 1 unspecified atom stereocenters. The molecule has 0 aliphatic rings. The van der Waals surface area contributed by atoms with Crippen molar-refractivity contribution < 1.29 is 9.53 Å². The van der Waals surface area contributed by atoms with Gasteiger partial charge in [0.2, 0.25) is 0 Å². The van der Waals surface area contributed by atoms with Crippen LogP contribution in [0.25, 0.3) is 10.9 Å². The minimum Gasteiger partial charge on any atom is -0.367 e. The molecule has 1 heterocycles. The number of hydrogen-bond donors (Lipinski definition) is 2. The van der Waals surface area contributed by atoms with Crippen LogP contribution in [0, 0.1) is 13.8 Å². The number of H-pyrrole nitrogens is 1. The zero-order valence-corrected chi connectivity index (χ0v) is 14.2. The first-order valence-electron chi connectivity index (χ1n) is 8.03. The average molecular weight is 322 g/mol. The van der Waals surface area contributed by atoms with Gasteiger partial charge in [-0.15, -0.1) is 0 Å². The van der Waals surface area contributed by atoms with E-state index in [2.05, 4.69) is 36.3 Å². The van der Waals surface area contributed by atoms with Crippen LogP contribution in [0.15, 0.2) is 48.5 Å². The van der Waals surface area contributed by atoms with Crippen LogP contribution in [0.3, 0.4) is 0 Å². The van der Waals surface area contributed by atoms with E-state index in [4.69, 9.17) is 4.74 Å². The Morgan fingerprint density at radius 1 is 1.17 bits per heavy atom. The van der Waals surface area contributed by atoms with Crippen molar-refractivity contribution in [1.29, 1.82) is 0 Å². The highest BCUT2D eigenvalue weighted by Gasteiger charge is 2.19. The monoisotopic (exact) mass is 322 g/mol. The second kappa shape index (κ2) is 6.89. The van der Waals surface area contributed by atoms with Crippen LogP contribution in [0.1, 0.15) is 28.5 Å². The first-order chi connectivity index (χ1) is 11.6. The van der Waals surface area contributed by atoms with E-state index in [-0.39, 0.29) is 5.91 Å². The molecule has 0 aliphatic carbocycles. The third-order valence-electron chi connectivity index (χ3n) is 4.42. The fourth-order valence-corrected chi connectivity index (χ4v) is 2.92. The summed E-state index contributed by atoms with van der Waals surface area (Å²) in [5.41, 5.74) is 5.47. The van der Waals surface area contributed by atoms with Gasteiger partial charge in [0, 0.05) is 30.3 Å². The molecule has 0 saturated heterocycles. The second-order valence-corrected chi connectivity index (χ2v) is 6.00. The van der Waals surface area contributed by atoms with Crippen LogP contribution in [0.2, 0.25) is 0 Å². The number of carbonyl (C=O) groups excluding carboxylic acids is 1. The summed E-state index contributed by atoms with van der Waals surface area (Å²) < 4.78 is 5.36. The highest BCUT2D eigenvalue weighted by molar-refractivity contribution is 5.85. The number of aryl methyl sites for hydroxylation is 2. The largest absolute Gasteiger partial charge is 0.367 e. The van der Waals surface area contributed by atoms with Crippen molar-refractivity contribution in [3.63, 3.8) is 0 Å². The van der Waals surface area contributed by atoms with E-state index in [9.17, 15) is 4.79 Å². The quantitative estimate of drug-likeness (QED) is 0.751. The van der Waals surface area contributed by atoms with E-state index in [1.807, 2.05) is 36.4 Å². The summed E-state index contributed by atoms with van der Waals surface area (Å²) in [4.78, 5) is 15.8. The van der Waals surface area contributed by atoms with Gasteiger partial charge in [-0.2, -0.15) is 0 Å². The fraction of sp³-hybridized carbons (Fsp3) is 0.250. The zero-order chi connectivity index (χ0) is 17.1. The summed E-state index contributed by atoms with van der Waals surface area (Å²) in [6, 6.07) is 15.7. The number of methoxy groups -OCH3 is 1. The highest BCUT2D eigenvalue weighted by Crippen LogP contribution is 2.22.